The van der Waals surface area contributed by atoms with Gasteiger partial charge in [-0.3, -0.25) is 4.55 Å². The summed E-state index contributed by atoms with van der Waals surface area (Å²) in [5, 5.41) is 0.200. The minimum atomic E-state index is -3.82. The molecule has 0 saturated carbocycles. The first-order valence-electron chi connectivity index (χ1n) is 6.20. The van der Waals surface area contributed by atoms with Crippen molar-refractivity contribution in [2.45, 2.75) is 51.7 Å². The van der Waals surface area contributed by atoms with Crippen LogP contribution in [0, 0.1) is 0 Å². The van der Waals surface area contributed by atoms with E-state index >= 15 is 0 Å². The maximum absolute atomic E-state index is 10.5. The fourth-order valence-electron chi connectivity index (χ4n) is 1.04. The molecule has 0 fully saturated rings. The molecule has 1 N–H and O–H groups in total. The third-order valence-electron chi connectivity index (χ3n) is 3.29. The van der Waals surface area contributed by atoms with Gasteiger partial charge in [0.2, 0.25) is 0 Å². The Morgan fingerprint density at radius 3 is 2.22 bits per heavy atom. The third-order valence-corrected chi connectivity index (χ3v) is 8.59. The van der Waals surface area contributed by atoms with Gasteiger partial charge in [-0.05, 0) is 31.0 Å². The van der Waals surface area contributed by atoms with E-state index in [2.05, 4.69) is 33.9 Å². The quantitative estimate of drug-likeness (QED) is 0.339. The molecule has 0 aromatic heterocycles. The Kier molecular flexibility index (Phi) is 6.77. The fourth-order valence-corrected chi connectivity index (χ4v) is 2.52. The van der Waals surface area contributed by atoms with Gasteiger partial charge >= 0.3 is 0 Å². The van der Waals surface area contributed by atoms with Crippen molar-refractivity contribution in [2.75, 3.05) is 12.4 Å². The van der Waals surface area contributed by atoms with Crippen LogP contribution < -0.4 is 0 Å². The van der Waals surface area contributed by atoms with E-state index < -0.39 is 18.4 Å². The summed E-state index contributed by atoms with van der Waals surface area (Å²) in [6, 6.07) is 0. The van der Waals surface area contributed by atoms with Crippen LogP contribution in [-0.2, 0) is 14.5 Å². The van der Waals surface area contributed by atoms with Gasteiger partial charge < -0.3 is 4.43 Å². The first-order valence-corrected chi connectivity index (χ1v) is 10.7. The maximum atomic E-state index is 10.5. The second kappa shape index (κ2) is 6.84. The summed E-state index contributed by atoms with van der Waals surface area (Å²) in [5.74, 6) is -0.180. The Labute approximate surface area is 112 Å². The Balaban J connectivity index is 3.86. The minimum absolute atomic E-state index is 0.180. The minimum Gasteiger partial charge on any atom is -0.413 e. The van der Waals surface area contributed by atoms with Crippen LogP contribution in [0.25, 0.3) is 0 Å². The van der Waals surface area contributed by atoms with E-state index in [-0.39, 0.29) is 10.8 Å². The zero-order valence-electron chi connectivity index (χ0n) is 12.1. The topological polar surface area (TPSA) is 63.6 Å². The van der Waals surface area contributed by atoms with Gasteiger partial charge in [0, 0.05) is 0 Å². The number of hydrogen-bond donors (Lipinski definition) is 1. The van der Waals surface area contributed by atoms with Crippen LogP contribution >= 0.6 is 0 Å². The highest BCUT2D eigenvalue weighted by Gasteiger charge is 2.36. The third kappa shape index (κ3) is 8.02. The lowest BCUT2D eigenvalue weighted by Crippen LogP contribution is -2.40. The van der Waals surface area contributed by atoms with Crippen molar-refractivity contribution in [3.8, 4) is 0 Å². The molecular formula is C12H26O4SSi. The highest BCUT2D eigenvalue weighted by Crippen LogP contribution is 2.36. The largest absolute Gasteiger partial charge is 0.413 e. The fraction of sp³-hybridized carbons (Fsp3) is 0.833. The summed E-state index contributed by atoms with van der Waals surface area (Å²) >= 11 is 0. The van der Waals surface area contributed by atoms with E-state index in [4.69, 9.17) is 8.98 Å². The van der Waals surface area contributed by atoms with Gasteiger partial charge in [-0.25, -0.2) is 0 Å². The van der Waals surface area contributed by atoms with E-state index in [0.717, 1.165) is 0 Å². The number of unbranched alkanes of at least 4 members (excludes halogenated alkanes) is 1. The van der Waals surface area contributed by atoms with E-state index in [0.29, 0.717) is 19.4 Å². The molecule has 0 saturated heterocycles. The zero-order chi connectivity index (χ0) is 14.4. The monoisotopic (exact) mass is 294 g/mol. The summed E-state index contributed by atoms with van der Waals surface area (Å²) in [5.41, 5.74) is 0. The molecule has 6 heteroatoms. The Morgan fingerprint density at radius 1 is 1.22 bits per heavy atom. The molecule has 0 aromatic rings. The van der Waals surface area contributed by atoms with Crippen LogP contribution in [0.4, 0.5) is 0 Å². The smallest absolute Gasteiger partial charge is 0.264 e. The molecule has 0 radical (unpaired) electrons. The molecule has 0 aliphatic rings. The van der Waals surface area contributed by atoms with E-state index in [1.165, 1.54) is 0 Å². The second-order valence-electron chi connectivity index (χ2n) is 5.97. The van der Waals surface area contributed by atoms with Crippen LogP contribution in [0.3, 0.4) is 0 Å². The number of hydrogen-bond acceptors (Lipinski definition) is 3. The van der Waals surface area contributed by atoms with Gasteiger partial charge in [0.15, 0.2) is 8.32 Å². The number of rotatable bonds is 7. The van der Waals surface area contributed by atoms with Gasteiger partial charge in [-0.1, -0.05) is 32.9 Å². The summed E-state index contributed by atoms with van der Waals surface area (Å²) in [7, 11) is -5.51. The molecule has 0 aliphatic carbocycles. The molecule has 108 valence electrons. The normalized spacial score (nSPS) is 14.3. The Bertz CT molecular complexity index is 366. The van der Waals surface area contributed by atoms with Gasteiger partial charge in [0.25, 0.3) is 10.1 Å². The average Bonchev–Trinajstić information content (AvgIpc) is 2.12. The molecule has 0 aromatic carbocycles. The molecule has 4 nitrogen and oxygen atoms in total. The first kappa shape index (κ1) is 17.8. The molecule has 0 atom stereocenters. The van der Waals surface area contributed by atoms with Crippen LogP contribution in [-0.4, -0.2) is 33.6 Å². The molecule has 18 heavy (non-hydrogen) atoms. The molecule has 0 bridgehead atoms. The highest BCUT2D eigenvalue weighted by atomic mass is 32.2. The average molecular weight is 294 g/mol. The molecular weight excluding hydrogens is 268 g/mol. The maximum Gasteiger partial charge on any atom is 0.264 e. The van der Waals surface area contributed by atoms with E-state index in [1.807, 2.05) is 12.2 Å². The van der Waals surface area contributed by atoms with Crippen molar-refractivity contribution < 1.29 is 17.4 Å². The summed E-state index contributed by atoms with van der Waals surface area (Å²) in [6.07, 6.45) is 4.90. The lowest BCUT2D eigenvalue weighted by atomic mass is 10.2. The van der Waals surface area contributed by atoms with Crippen LogP contribution in [0.2, 0.25) is 18.1 Å². The summed E-state index contributed by atoms with van der Waals surface area (Å²) in [6.45, 7) is 11.5. The predicted octanol–water partition coefficient (Wildman–Crippen LogP) is 3.23. The van der Waals surface area contributed by atoms with Gasteiger partial charge in [-0.2, -0.15) is 8.42 Å². The van der Waals surface area contributed by atoms with Gasteiger partial charge in [-0.15, -0.1) is 0 Å². The lowest BCUT2D eigenvalue weighted by molar-refractivity contribution is 0.327. The van der Waals surface area contributed by atoms with Crippen molar-refractivity contribution in [3.05, 3.63) is 12.2 Å². The molecule has 0 unspecified atom stereocenters. The molecule has 0 rings (SSSR count). The zero-order valence-corrected chi connectivity index (χ0v) is 13.9. The summed E-state index contributed by atoms with van der Waals surface area (Å²) < 4.78 is 35.4. The lowest BCUT2D eigenvalue weighted by Gasteiger charge is -2.35. The molecule has 0 spiro atoms. The van der Waals surface area contributed by atoms with Gasteiger partial charge in [0.05, 0.1) is 12.4 Å². The SMILES string of the molecule is CC(C)(C)[Si](C)(C)OCC=CCCCS(=O)(=O)O. The highest BCUT2D eigenvalue weighted by molar-refractivity contribution is 7.85. The van der Waals surface area contributed by atoms with Crippen molar-refractivity contribution in [3.63, 3.8) is 0 Å². The predicted molar refractivity (Wildman–Crippen MR) is 77.9 cm³/mol. The number of allylic oxidation sites excluding steroid dienone is 1. The summed E-state index contributed by atoms with van der Waals surface area (Å²) in [4.78, 5) is 0. The van der Waals surface area contributed by atoms with Crippen LogP contribution in [0.5, 0.6) is 0 Å². The van der Waals surface area contributed by atoms with Crippen LogP contribution in [0.15, 0.2) is 12.2 Å². The molecule has 0 aliphatic heterocycles. The second-order valence-corrected chi connectivity index (χ2v) is 12.4. The van der Waals surface area contributed by atoms with Crippen molar-refractivity contribution >= 4 is 18.4 Å². The van der Waals surface area contributed by atoms with Crippen molar-refractivity contribution in [1.82, 2.24) is 0 Å². The van der Waals surface area contributed by atoms with E-state index in [1.54, 1.807) is 0 Å². The molecule has 0 heterocycles. The van der Waals surface area contributed by atoms with E-state index in [9.17, 15) is 8.42 Å². The van der Waals surface area contributed by atoms with Crippen molar-refractivity contribution in [2.24, 2.45) is 0 Å². The Hall–Kier alpha value is -0.173. The Morgan fingerprint density at radius 2 is 1.78 bits per heavy atom. The van der Waals surface area contributed by atoms with Crippen molar-refractivity contribution in [1.29, 1.82) is 0 Å². The first-order chi connectivity index (χ1) is 7.96. The molecule has 0 amide bonds. The standard InChI is InChI=1S/C12H26O4SSi/c1-12(2,3)18(4,5)16-10-8-6-7-9-11-17(13,14)15/h6,8H,7,9-11H2,1-5H3,(H,13,14,15). The van der Waals surface area contributed by atoms with Gasteiger partial charge in [0.1, 0.15) is 0 Å². The van der Waals surface area contributed by atoms with Crippen LogP contribution in [0.1, 0.15) is 33.6 Å².